The van der Waals surface area contributed by atoms with Crippen LogP contribution < -0.4 is 20.7 Å². The lowest BCUT2D eigenvalue weighted by Crippen LogP contribution is -2.75. The van der Waals surface area contributed by atoms with Gasteiger partial charge in [0, 0.05) is 8.95 Å². The van der Waals surface area contributed by atoms with Crippen molar-refractivity contribution in [3.8, 4) is 0 Å². The highest BCUT2D eigenvalue weighted by atomic mass is 79.9. The molecule has 3 heteroatoms. The second-order valence-electron chi connectivity index (χ2n) is 8.76. The molecule has 0 aliphatic heterocycles. The van der Waals surface area contributed by atoms with E-state index in [4.69, 9.17) is 0 Å². The Morgan fingerprint density at radius 2 is 0.686 bits per heavy atom. The molecule has 0 amide bonds. The van der Waals surface area contributed by atoms with Gasteiger partial charge in [-0.1, -0.05) is 153 Å². The van der Waals surface area contributed by atoms with Crippen LogP contribution in [-0.4, -0.2) is 8.07 Å². The topological polar surface area (TPSA) is 0 Å². The van der Waals surface area contributed by atoms with Crippen LogP contribution in [0.15, 0.2) is 142 Å². The second kappa shape index (κ2) is 9.23. The zero-order valence-corrected chi connectivity index (χ0v) is 23.1. The Hall–Kier alpha value is -2.98. The summed E-state index contributed by atoms with van der Waals surface area (Å²) in [4.78, 5) is 0. The molecule has 6 rings (SSSR count). The van der Waals surface area contributed by atoms with Gasteiger partial charge in [-0.05, 0) is 54.4 Å². The van der Waals surface area contributed by atoms with E-state index in [2.05, 4.69) is 165 Å². The highest BCUT2D eigenvalue weighted by Gasteiger charge is 2.43. The Morgan fingerprint density at radius 3 is 1.09 bits per heavy atom. The van der Waals surface area contributed by atoms with Crippen molar-refractivity contribution in [1.82, 2.24) is 0 Å². The molecule has 6 aromatic carbocycles. The summed E-state index contributed by atoms with van der Waals surface area (Å²) in [5.41, 5.74) is 0. The van der Waals surface area contributed by atoms with E-state index in [9.17, 15) is 0 Å². The molecule has 0 N–H and O–H groups in total. The van der Waals surface area contributed by atoms with Gasteiger partial charge in [-0.2, -0.15) is 0 Å². The SMILES string of the molecule is Brc1ccc([Si](c2ccccc2)(c2ccccc2)c2ccc(Br)c3ccccc23)c2ccccc12. The molecule has 0 aromatic heterocycles. The maximum atomic E-state index is 3.83. The van der Waals surface area contributed by atoms with Gasteiger partial charge in [0.15, 0.2) is 8.07 Å². The third-order valence-electron chi connectivity index (χ3n) is 6.96. The average molecular weight is 594 g/mol. The molecule has 0 saturated carbocycles. The summed E-state index contributed by atoms with van der Waals surface area (Å²) < 4.78 is 2.25. The van der Waals surface area contributed by atoms with E-state index in [1.165, 1.54) is 42.3 Å². The molecule has 0 bridgehead atoms. The summed E-state index contributed by atoms with van der Waals surface area (Å²) in [5, 5.41) is 10.7. The van der Waals surface area contributed by atoms with Crippen LogP contribution in [0, 0.1) is 0 Å². The first kappa shape index (κ1) is 22.5. The van der Waals surface area contributed by atoms with E-state index in [1.807, 2.05) is 0 Å². The lowest BCUT2D eigenvalue weighted by atomic mass is 10.1. The molecule has 0 unspecified atom stereocenters. The van der Waals surface area contributed by atoms with Gasteiger partial charge in [0.2, 0.25) is 0 Å². The monoisotopic (exact) mass is 592 g/mol. The quantitative estimate of drug-likeness (QED) is 0.154. The Balaban J connectivity index is 1.88. The maximum absolute atomic E-state index is 3.83. The number of fused-ring (bicyclic) bond motifs is 2. The van der Waals surface area contributed by atoms with E-state index in [1.54, 1.807) is 0 Å². The number of benzene rings is 6. The van der Waals surface area contributed by atoms with Gasteiger partial charge in [0.05, 0.1) is 0 Å². The van der Waals surface area contributed by atoms with Crippen LogP contribution in [0.5, 0.6) is 0 Å². The van der Waals surface area contributed by atoms with Gasteiger partial charge in [0.1, 0.15) is 0 Å². The average Bonchev–Trinajstić information content (AvgIpc) is 2.93. The third-order valence-corrected chi connectivity index (χ3v) is 13.2. The minimum atomic E-state index is -2.72. The van der Waals surface area contributed by atoms with Gasteiger partial charge in [-0.15, -0.1) is 0 Å². The fraction of sp³-hybridized carbons (Fsp3) is 0. The van der Waals surface area contributed by atoms with Crippen molar-refractivity contribution < 1.29 is 0 Å². The van der Waals surface area contributed by atoms with Gasteiger partial charge >= 0.3 is 0 Å². The van der Waals surface area contributed by atoms with Crippen molar-refractivity contribution in [3.05, 3.63) is 142 Å². The fourth-order valence-corrected chi connectivity index (χ4v) is 11.6. The van der Waals surface area contributed by atoms with Crippen LogP contribution in [0.2, 0.25) is 0 Å². The largest absolute Gasteiger partial charge is 0.180 e. The first-order chi connectivity index (χ1) is 17.2. The molecule has 0 fully saturated rings. The van der Waals surface area contributed by atoms with Crippen LogP contribution in [-0.2, 0) is 0 Å². The molecule has 0 nitrogen and oxygen atoms in total. The van der Waals surface area contributed by atoms with Gasteiger partial charge in [-0.25, -0.2) is 0 Å². The third kappa shape index (κ3) is 3.61. The molecule has 0 heterocycles. The predicted octanol–water partition coefficient (Wildman–Crippen LogP) is 6.90. The Bertz CT molecular complexity index is 1530. The number of halogens is 2. The summed E-state index contributed by atoms with van der Waals surface area (Å²) in [6, 6.07) is 49.0. The molecule has 0 saturated heterocycles. The lowest BCUT2D eigenvalue weighted by molar-refractivity contribution is 1.67. The number of hydrogen-bond donors (Lipinski definition) is 0. The lowest BCUT2D eigenvalue weighted by Gasteiger charge is -2.36. The minimum absolute atomic E-state index is 1.13. The molecule has 168 valence electrons. The first-order valence-electron chi connectivity index (χ1n) is 11.7. The van der Waals surface area contributed by atoms with Crippen molar-refractivity contribution in [3.63, 3.8) is 0 Å². The molecular weight excluding hydrogens is 572 g/mol. The van der Waals surface area contributed by atoms with E-state index < -0.39 is 8.07 Å². The number of hydrogen-bond acceptors (Lipinski definition) is 0. The van der Waals surface area contributed by atoms with Crippen molar-refractivity contribution in [2.24, 2.45) is 0 Å². The molecule has 0 aliphatic rings. The van der Waals surface area contributed by atoms with E-state index in [-0.39, 0.29) is 0 Å². The Kier molecular flexibility index (Phi) is 5.93. The highest BCUT2D eigenvalue weighted by molar-refractivity contribution is 9.11. The van der Waals surface area contributed by atoms with Crippen molar-refractivity contribution in [2.45, 2.75) is 0 Å². The standard InChI is InChI=1S/C32H22Br2Si/c33-29-19-21-31(27-17-9-7-15-25(27)29)35(23-11-3-1-4-12-23,24-13-5-2-6-14-24)32-22-20-30(34)26-16-8-10-18-28(26)32/h1-22H. The predicted molar refractivity (Wildman–Crippen MR) is 160 cm³/mol. The molecule has 0 spiro atoms. The normalized spacial score (nSPS) is 11.7. The smallest absolute Gasteiger partial charge is 0.0623 e. The molecule has 0 radical (unpaired) electrons. The van der Waals surface area contributed by atoms with Gasteiger partial charge in [0.25, 0.3) is 0 Å². The zero-order chi connectivity index (χ0) is 23.8. The van der Waals surface area contributed by atoms with Crippen molar-refractivity contribution in [2.75, 3.05) is 0 Å². The Labute approximate surface area is 223 Å². The molecule has 0 aliphatic carbocycles. The summed E-state index contributed by atoms with van der Waals surface area (Å²) in [6.07, 6.45) is 0. The fourth-order valence-electron chi connectivity index (χ4n) is 5.49. The van der Waals surface area contributed by atoms with Crippen LogP contribution in [0.4, 0.5) is 0 Å². The van der Waals surface area contributed by atoms with Gasteiger partial charge < -0.3 is 0 Å². The van der Waals surface area contributed by atoms with E-state index >= 15 is 0 Å². The first-order valence-corrected chi connectivity index (χ1v) is 15.3. The summed E-state index contributed by atoms with van der Waals surface area (Å²) in [5.74, 6) is 0. The summed E-state index contributed by atoms with van der Waals surface area (Å²) >= 11 is 7.65. The zero-order valence-electron chi connectivity index (χ0n) is 19.0. The van der Waals surface area contributed by atoms with Crippen LogP contribution >= 0.6 is 31.9 Å². The van der Waals surface area contributed by atoms with E-state index in [0.717, 1.165) is 8.95 Å². The van der Waals surface area contributed by atoms with Crippen molar-refractivity contribution in [1.29, 1.82) is 0 Å². The molecule has 6 aromatic rings. The van der Waals surface area contributed by atoms with E-state index in [0.29, 0.717) is 0 Å². The van der Waals surface area contributed by atoms with Crippen LogP contribution in [0.25, 0.3) is 21.5 Å². The highest BCUT2D eigenvalue weighted by Crippen LogP contribution is 2.28. The second-order valence-corrected chi connectivity index (χ2v) is 14.2. The van der Waals surface area contributed by atoms with Crippen molar-refractivity contribution >= 4 is 82.2 Å². The summed E-state index contributed by atoms with van der Waals surface area (Å²) in [7, 11) is -2.72. The maximum Gasteiger partial charge on any atom is 0.180 e. The van der Waals surface area contributed by atoms with Crippen LogP contribution in [0.3, 0.4) is 0 Å². The Morgan fingerprint density at radius 1 is 0.343 bits per heavy atom. The molecular formula is C32H22Br2Si. The summed E-state index contributed by atoms with van der Waals surface area (Å²) in [6.45, 7) is 0. The van der Waals surface area contributed by atoms with Crippen LogP contribution in [0.1, 0.15) is 0 Å². The number of rotatable bonds is 4. The minimum Gasteiger partial charge on any atom is -0.0623 e. The molecule has 0 atom stereocenters. The van der Waals surface area contributed by atoms with Gasteiger partial charge in [-0.3, -0.25) is 0 Å². The molecule has 35 heavy (non-hydrogen) atoms.